The monoisotopic (exact) mass is 460 g/mol. The van der Waals surface area contributed by atoms with Crippen LogP contribution in [0.5, 0.6) is 5.75 Å². The first-order valence-electron chi connectivity index (χ1n) is 10.5. The molecule has 0 saturated carbocycles. The highest BCUT2D eigenvalue weighted by Crippen LogP contribution is 2.26. The summed E-state index contributed by atoms with van der Waals surface area (Å²) in [5.41, 5.74) is 1.23. The van der Waals surface area contributed by atoms with Crippen LogP contribution in [0.25, 0.3) is 0 Å². The van der Waals surface area contributed by atoms with Crippen LogP contribution in [0.1, 0.15) is 41.6 Å². The Morgan fingerprint density at radius 1 is 1.00 bits per heavy atom. The van der Waals surface area contributed by atoms with Crippen LogP contribution >= 0.6 is 0 Å². The largest absolute Gasteiger partial charge is 0.497 e. The molecule has 8 nitrogen and oxygen atoms in total. The van der Waals surface area contributed by atoms with Crippen molar-refractivity contribution in [2.24, 2.45) is 0 Å². The lowest BCUT2D eigenvalue weighted by molar-refractivity contribution is -0.119. The number of amides is 1. The van der Waals surface area contributed by atoms with E-state index < -0.39 is 28.5 Å². The average molecular weight is 461 g/mol. The molecule has 2 aromatic carbocycles. The molecular formula is C23H28N2O6S. The van der Waals surface area contributed by atoms with Crippen LogP contribution < -0.4 is 10.1 Å². The third-order valence-electron chi connectivity index (χ3n) is 5.31. The van der Waals surface area contributed by atoms with Crippen molar-refractivity contribution in [2.75, 3.05) is 32.1 Å². The molecule has 0 unspecified atom stereocenters. The smallest absolute Gasteiger partial charge is 0.338 e. The Bertz CT molecular complexity index is 1060. The summed E-state index contributed by atoms with van der Waals surface area (Å²) < 4.78 is 37.9. The second-order valence-electron chi connectivity index (χ2n) is 7.65. The van der Waals surface area contributed by atoms with Crippen LogP contribution in [0, 0.1) is 6.92 Å². The molecule has 0 aromatic heterocycles. The highest BCUT2D eigenvalue weighted by atomic mass is 32.2. The minimum Gasteiger partial charge on any atom is -0.497 e. The lowest BCUT2D eigenvalue weighted by Gasteiger charge is -2.21. The lowest BCUT2D eigenvalue weighted by atomic mass is 10.2. The SMILES string of the molecule is COc1ccc(C(=O)OCC(=O)Nc2ccc(C)c(S(=O)(=O)N3CCCCCC3)c2)cc1. The molecule has 1 N–H and O–H groups in total. The van der Waals surface area contributed by atoms with E-state index in [4.69, 9.17) is 9.47 Å². The fourth-order valence-corrected chi connectivity index (χ4v) is 5.28. The second-order valence-corrected chi connectivity index (χ2v) is 9.56. The predicted molar refractivity (Wildman–Crippen MR) is 120 cm³/mol. The molecule has 32 heavy (non-hydrogen) atoms. The van der Waals surface area contributed by atoms with E-state index in [0.29, 0.717) is 35.7 Å². The van der Waals surface area contributed by atoms with Gasteiger partial charge in [0, 0.05) is 18.8 Å². The highest BCUT2D eigenvalue weighted by Gasteiger charge is 2.27. The van der Waals surface area contributed by atoms with E-state index >= 15 is 0 Å². The number of hydrogen-bond acceptors (Lipinski definition) is 6. The van der Waals surface area contributed by atoms with Crippen LogP contribution in [0.2, 0.25) is 0 Å². The van der Waals surface area contributed by atoms with E-state index in [1.54, 1.807) is 43.3 Å². The number of nitrogens with zero attached hydrogens (tertiary/aromatic N) is 1. The number of anilines is 1. The van der Waals surface area contributed by atoms with Crippen molar-refractivity contribution in [1.29, 1.82) is 0 Å². The number of methoxy groups -OCH3 is 1. The molecule has 1 aliphatic heterocycles. The zero-order valence-electron chi connectivity index (χ0n) is 18.3. The van der Waals surface area contributed by atoms with Crippen molar-refractivity contribution < 1.29 is 27.5 Å². The zero-order valence-corrected chi connectivity index (χ0v) is 19.1. The van der Waals surface area contributed by atoms with Crippen LogP contribution in [-0.2, 0) is 19.6 Å². The van der Waals surface area contributed by atoms with Gasteiger partial charge in [0.2, 0.25) is 10.0 Å². The van der Waals surface area contributed by atoms with Gasteiger partial charge in [-0.3, -0.25) is 4.79 Å². The third kappa shape index (κ3) is 5.86. The Morgan fingerprint density at radius 3 is 2.28 bits per heavy atom. The number of sulfonamides is 1. The number of carbonyl (C=O) groups is 2. The summed E-state index contributed by atoms with van der Waals surface area (Å²) in [5.74, 6) is -0.602. The van der Waals surface area contributed by atoms with Crippen molar-refractivity contribution in [3.8, 4) is 5.75 Å². The second kappa shape index (κ2) is 10.6. The van der Waals surface area contributed by atoms with Crippen LogP contribution in [-0.4, -0.2) is 51.4 Å². The average Bonchev–Trinajstić information content (AvgIpc) is 3.09. The van der Waals surface area contributed by atoms with E-state index in [9.17, 15) is 18.0 Å². The van der Waals surface area contributed by atoms with E-state index in [1.165, 1.54) is 17.5 Å². The standard InChI is InChI=1S/C23H28N2O6S/c1-17-7-10-19(15-21(17)32(28,29)25-13-5-3-4-6-14-25)24-22(26)16-31-23(27)18-8-11-20(30-2)12-9-18/h7-12,15H,3-6,13-14,16H2,1-2H3,(H,24,26). The Hall–Kier alpha value is -2.91. The van der Waals surface area contributed by atoms with E-state index in [1.807, 2.05) is 0 Å². The maximum Gasteiger partial charge on any atom is 0.338 e. The summed E-state index contributed by atoms with van der Waals surface area (Å²) in [5, 5.41) is 2.60. The van der Waals surface area contributed by atoms with Gasteiger partial charge in [0.25, 0.3) is 5.91 Å². The molecule has 2 aromatic rings. The molecule has 1 amide bonds. The number of nitrogens with one attached hydrogen (secondary N) is 1. The molecule has 9 heteroatoms. The van der Waals surface area contributed by atoms with E-state index in [0.717, 1.165) is 25.7 Å². The van der Waals surface area contributed by atoms with Crippen molar-refractivity contribution >= 4 is 27.6 Å². The number of esters is 1. The van der Waals surface area contributed by atoms with Crippen molar-refractivity contribution in [3.63, 3.8) is 0 Å². The summed E-state index contributed by atoms with van der Waals surface area (Å²) in [6, 6.07) is 11.1. The molecule has 0 aliphatic carbocycles. The van der Waals surface area contributed by atoms with Gasteiger partial charge in [-0.05, 0) is 61.7 Å². The van der Waals surface area contributed by atoms with Crippen molar-refractivity contribution in [2.45, 2.75) is 37.5 Å². The molecule has 1 heterocycles. The lowest BCUT2D eigenvalue weighted by Crippen LogP contribution is -2.32. The molecule has 3 rings (SSSR count). The van der Waals surface area contributed by atoms with Crippen LogP contribution in [0.4, 0.5) is 5.69 Å². The topological polar surface area (TPSA) is 102 Å². The van der Waals surface area contributed by atoms with Gasteiger partial charge in [-0.25, -0.2) is 13.2 Å². The number of ether oxygens (including phenoxy) is 2. The van der Waals surface area contributed by atoms with Gasteiger partial charge >= 0.3 is 5.97 Å². The summed E-state index contributed by atoms with van der Waals surface area (Å²) in [6.45, 7) is 2.24. The summed E-state index contributed by atoms with van der Waals surface area (Å²) >= 11 is 0. The molecular weight excluding hydrogens is 432 g/mol. The van der Waals surface area contributed by atoms with Crippen LogP contribution in [0.15, 0.2) is 47.4 Å². The quantitative estimate of drug-likeness (QED) is 0.636. The van der Waals surface area contributed by atoms with E-state index in [-0.39, 0.29) is 4.90 Å². The Balaban J connectivity index is 1.64. The number of carbonyl (C=O) groups excluding carboxylic acids is 2. The molecule has 1 saturated heterocycles. The predicted octanol–water partition coefficient (Wildman–Crippen LogP) is 3.36. The number of aryl methyl sites for hydroxylation is 1. The first-order chi connectivity index (χ1) is 15.3. The molecule has 172 valence electrons. The van der Waals surface area contributed by atoms with Gasteiger partial charge in [-0.2, -0.15) is 4.31 Å². The van der Waals surface area contributed by atoms with Gasteiger partial charge < -0.3 is 14.8 Å². The van der Waals surface area contributed by atoms with Crippen molar-refractivity contribution in [1.82, 2.24) is 4.31 Å². The normalized spacial score (nSPS) is 14.9. The maximum absolute atomic E-state index is 13.2. The Labute approximate surface area is 188 Å². The summed E-state index contributed by atoms with van der Waals surface area (Å²) in [7, 11) is -2.13. The maximum atomic E-state index is 13.2. The summed E-state index contributed by atoms with van der Waals surface area (Å²) in [6.07, 6.45) is 3.73. The van der Waals surface area contributed by atoms with Gasteiger partial charge in [-0.15, -0.1) is 0 Å². The number of hydrogen-bond donors (Lipinski definition) is 1. The van der Waals surface area contributed by atoms with Gasteiger partial charge in [0.1, 0.15) is 5.75 Å². The minimum atomic E-state index is -3.66. The molecule has 0 radical (unpaired) electrons. The number of benzene rings is 2. The molecule has 0 bridgehead atoms. The van der Waals surface area contributed by atoms with Gasteiger partial charge in [-0.1, -0.05) is 18.9 Å². The minimum absolute atomic E-state index is 0.174. The first kappa shape index (κ1) is 23.7. The summed E-state index contributed by atoms with van der Waals surface area (Å²) in [4.78, 5) is 24.6. The first-order valence-corrected chi connectivity index (χ1v) is 12.0. The molecule has 0 atom stereocenters. The van der Waals surface area contributed by atoms with E-state index in [2.05, 4.69) is 5.32 Å². The fourth-order valence-electron chi connectivity index (χ4n) is 3.52. The molecule has 1 aliphatic rings. The third-order valence-corrected chi connectivity index (χ3v) is 7.36. The van der Waals surface area contributed by atoms with Gasteiger partial charge in [0.05, 0.1) is 17.6 Å². The number of rotatable bonds is 7. The fraction of sp³-hybridized carbons (Fsp3) is 0.391. The van der Waals surface area contributed by atoms with Crippen molar-refractivity contribution in [3.05, 3.63) is 53.6 Å². The Morgan fingerprint density at radius 2 is 1.66 bits per heavy atom. The van der Waals surface area contributed by atoms with Gasteiger partial charge in [0.15, 0.2) is 6.61 Å². The zero-order chi connectivity index (χ0) is 23.1. The van der Waals surface area contributed by atoms with Crippen LogP contribution in [0.3, 0.4) is 0 Å². The molecule has 0 spiro atoms. The highest BCUT2D eigenvalue weighted by molar-refractivity contribution is 7.89. The molecule has 1 fully saturated rings. The Kier molecular flexibility index (Phi) is 7.87.